The predicted molar refractivity (Wildman–Crippen MR) is 119 cm³/mol. The molecule has 2 saturated heterocycles. The number of hydrogen-bond acceptors (Lipinski definition) is 6. The summed E-state index contributed by atoms with van der Waals surface area (Å²) in [6.45, 7) is 3.92. The lowest BCUT2D eigenvalue weighted by atomic mass is 9.88. The minimum absolute atomic E-state index is 0.000403. The van der Waals surface area contributed by atoms with Crippen molar-refractivity contribution in [1.29, 1.82) is 0 Å². The summed E-state index contributed by atoms with van der Waals surface area (Å²) in [6, 6.07) is 9.91. The summed E-state index contributed by atoms with van der Waals surface area (Å²) < 4.78 is 11.2. The Balaban J connectivity index is 1.15. The van der Waals surface area contributed by atoms with Crippen LogP contribution in [0.1, 0.15) is 47.0 Å². The third-order valence-corrected chi connectivity index (χ3v) is 7.56. The zero-order valence-electron chi connectivity index (χ0n) is 17.6. The molecular weight excluding hydrogens is 412 g/mol. The molecule has 0 saturated carbocycles. The molecule has 1 unspecified atom stereocenters. The summed E-state index contributed by atoms with van der Waals surface area (Å²) in [5.74, 6) is 1.75. The fraction of sp³-hybridized carbons (Fsp3) is 0.500. The highest BCUT2D eigenvalue weighted by molar-refractivity contribution is 7.10. The quantitative estimate of drug-likeness (QED) is 0.663. The van der Waals surface area contributed by atoms with Gasteiger partial charge >= 0.3 is 0 Å². The van der Waals surface area contributed by atoms with E-state index in [4.69, 9.17) is 9.47 Å². The number of carbonyl (C=O) groups excluding carboxylic acids is 2. The highest BCUT2D eigenvalue weighted by Gasteiger charge is 2.33. The Morgan fingerprint density at radius 2 is 1.81 bits per heavy atom. The molecule has 2 aromatic rings. The predicted octanol–water partition coefficient (Wildman–Crippen LogP) is 3.78. The van der Waals surface area contributed by atoms with E-state index < -0.39 is 0 Å². The van der Waals surface area contributed by atoms with Crippen molar-refractivity contribution in [1.82, 2.24) is 9.80 Å². The fourth-order valence-electron chi connectivity index (χ4n) is 4.91. The Labute approximate surface area is 186 Å². The third-order valence-electron chi connectivity index (χ3n) is 6.59. The molecule has 3 aliphatic rings. The van der Waals surface area contributed by atoms with Gasteiger partial charge in [0.2, 0.25) is 5.91 Å². The van der Waals surface area contributed by atoms with Crippen LogP contribution in [-0.2, 0) is 4.79 Å². The number of thiophene rings is 1. The maximum absolute atomic E-state index is 13.0. The molecule has 31 heavy (non-hydrogen) atoms. The number of fused-ring (bicyclic) bond motifs is 1. The molecule has 1 amide bonds. The normalized spacial score (nSPS) is 21.9. The van der Waals surface area contributed by atoms with Crippen molar-refractivity contribution in [3.8, 4) is 11.5 Å². The number of carbonyl (C=O) groups is 2. The summed E-state index contributed by atoms with van der Waals surface area (Å²) in [5, 5.41) is 2.08. The number of likely N-dealkylation sites (tertiary alicyclic amines) is 2. The lowest BCUT2D eigenvalue weighted by molar-refractivity contribution is -0.133. The van der Waals surface area contributed by atoms with Crippen LogP contribution in [0.5, 0.6) is 11.5 Å². The number of ether oxygens (including phenoxy) is 2. The van der Waals surface area contributed by atoms with E-state index in [9.17, 15) is 9.59 Å². The molecule has 0 radical (unpaired) electrons. The maximum Gasteiger partial charge on any atom is 0.237 e. The van der Waals surface area contributed by atoms with Crippen LogP contribution >= 0.6 is 11.3 Å². The van der Waals surface area contributed by atoms with Gasteiger partial charge in [0.25, 0.3) is 0 Å². The van der Waals surface area contributed by atoms with Crippen LogP contribution in [0.25, 0.3) is 0 Å². The zero-order valence-corrected chi connectivity index (χ0v) is 18.4. The van der Waals surface area contributed by atoms with E-state index in [-0.39, 0.29) is 23.7 Å². The van der Waals surface area contributed by atoms with Crippen LogP contribution in [0.15, 0.2) is 35.7 Å². The SMILES string of the molecule is O=C(c1ccc2c(c1)OCCO2)C1CCN(CC(=O)N2CCCC2c2cccs2)CC1. The highest BCUT2D eigenvalue weighted by atomic mass is 32.1. The number of Topliss-reactive ketones (excluding diaryl/α,β-unsaturated/α-hetero) is 1. The zero-order chi connectivity index (χ0) is 21.2. The second-order valence-electron chi connectivity index (χ2n) is 8.53. The molecule has 1 aromatic carbocycles. The maximum atomic E-state index is 13.0. The van der Waals surface area contributed by atoms with Crippen LogP contribution in [0.3, 0.4) is 0 Å². The minimum atomic E-state index is -0.000403. The first kappa shape index (κ1) is 20.5. The molecule has 4 heterocycles. The van der Waals surface area contributed by atoms with Crippen molar-refractivity contribution in [2.45, 2.75) is 31.7 Å². The molecule has 0 bridgehead atoms. The van der Waals surface area contributed by atoms with Gasteiger partial charge in [0.05, 0.1) is 12.6 Å². The minimum Gasteiger partial charge on any atom is -0.486 e. The number of rotatable bonds is 5. The van der Waals surface area contributed by atoms with Gasteiger partial charge in [-0.15, -0.1) is 11.3 Å². The van der Waals surface area contributed by atoms with Gasteiger partial charge < -0.3 is 14.4 Å². The van der Waals surface area contributed by atoms with Crippen molar-refractivity contribution in [2.24, 2.45) is 5.92 Å². The van der Waals surface area contributed by atoms with Crippen molar-refractivity contribution in [2.75, 3.05) is 39.4 Å². The molecule has 0 N–H and O–H groups in total. The molecule has 1 aromatic heterocycles. The van der Waals surface area contributed by atoms with Gasteiger partial charge in [0.1, 0.15) is 13.2 Å². The monoisotopic (exact) mass is 440 g/mol. The topological polar surface area (TPSA) is 59.1 Å². The second kappa shape index (κ2) is 9.01. The number of benzene rings is 1. The Bertz CT molecular complexity index is 937. The summed E-state index contributed by atoms with van der Waals surface area (Å²) in [7, 11) is 0. The van der Waals surface area contributed by atoms with Crippen LogP contribution in [0.2, 0.25) is 0 Å². The summed E-state index contributed by atoms with van der Waals surface area (Å²) >= 11 is 1.74. The standard InChI is InChI=1S/C24H28N2O4S/c27-23(26-9-1-3-19(26)22-4-2-14-31-22)16-25-10-7-17(8-11-25)24(28)18-5-6-20-21(15-18)30-13-12-29-20/h2,4-6,14-15,17,19H,1,3,7-13,16H2. The Morgan fingerprint density at radius 1 is 1.00 bits per heavy atom. The molecular formula is C24H28N2O4S. The molecule has 0 aliphatic carbocycles. The molecule has 5 rings (SSSR count). The van der Waals surface area contributed by atoms with E-state index in [1.54, 1.807) is 11.3 Å². The van der Waals surface area contributed by atoms with Gasteiger partial charge in [0, 0.05) is 22.9 Å². The van der Waals surface area contributed by atoms with Gasteiger partial charge in [-0.1, -0.05) is 6.07 Å². The van der Waals surface area contributed by atoms with Gasteiger partial charge in [-0.2, -0.15) is 0 Å². The van der Waals surface area contributed by atoms with Gasteiger partial charge in [-0.3, -0.25) is 14.5 Å². The van der Waals surface area contributed by atoms with E-state index in [2.05, 4.69) is 27.3 Å². The van der Waals surface area contributed by atoms with Crippen molar-refractivity contribution < 1.29 is 19.1 Å². The summed E-state index contributed by atoms with van der Waals surface area (Å²) in [6.07, 6.45) is 3.70. The average Bonchev–Trinajstić information content (AvgIpc) is 3.50. The first-order chi connectivity index (χ1) is 15.2. The molecule has 3 aliphatic heterocycles. The molecule has 6 nitrogen and oxygen atoms in total. The summed E-state index contributed by atoms with van der Waals surface area (Å²) in [5.41, 5.74) is 0.689. The largest absolute Gasteiger partial charge is 0.486 e. The smallest absolute Gasteiger partial charge is 0.237 e. The Hall–Kier alpha value is -2.38. The highest BCUT2D eigenvalue weighted by Crippen LogP contribution is 2.35. The first-order valence-electron chi connectivity index (χ1n) is 11.2. The Morgan fingerprint density at radius 3 is 2.58 bits per heavy atom. The van der Waals surface area contributed by atoms with E-state index in [0.717, 1.165) is 45.3 Å². The fourth-order valence-corrected chi connectivity index (χ4v) is 5.78. The first-order valence-corrected chi connectivity index (χ1v) is 12.1. The number of hydrogen-bond donors (Lipinski definition) is 0. The van der Waals surface area contributed by atoms with Crippen LogP contribution in [0, 0.1) is 5.92 Å². The van der Waals surface area contributed by atoms with Crippen molar-refractivity contribution >= 4 is 23.0 Å². The van der Waals surface area contributed by atoms with Crippen molar-refractivity contribution in [3.05, 3.63) is 46.2 Å². The van der Waals surface area contributed by atoms with E-state index >= 15 is 0 Å². The lowest BCUT2D eigenvalue weighted by Gasteiger charge is -2.33. The van der Waals surface area contributed by atoms with E-state index in [1.807, 2.05) is 18.2 Å². The number of piperidine rings is 1. The Kier molecular flexibility index (Phi) is 5.96. The van der Waals surface area contributed by atoms with Gasteiger partial charge in [-0.25, -0.2) is 0 Å². The van der Waals surface area contributed by atoms with E-state index in [1.165, 1.54) is 4.88 Å². The molecule has 7 heteroatoms. The third kappa shape index (κ3) is 4.34. The number of ketones is 1. The van der Waals surface area contributed by atoms with E-state index in [0.29, 0.717) is 36.8 Å². The van der Waals surface area contributed by atoms with Crippen LogP contribution < -0.4 is 9.47 Å². The van der Waals surface area contributed by atoms with Crippen LogP contribution in [0.4, 0.5) is 0 Å². The van der Waals surface area contributed by atoms with Crippen LogP contribution in [-0.4, -0.2) is 60.9 Å². The number of nitrogens with zero attached hydrogens (tertiary/aromatic N) is 2. The average molecular weight is 441 g/mol. The second-order valence-corrected chi connectivity index (χ2v) is 9.51. The van der Waals surface area contributed by atoms with Gasteiger partial charge in [-0.05, 0) is 68.4 Å². The summed E-state index contributed by atoms with van der Waals surface area (Å²) in [4.78, 5) is 31.5. The molecule has 0 spiro atoms. The van der Waals surface area contributed by atoms with Crippen molar-refractivity contribution in [3.63, 3.8) is 0 Å². The van der Waals surface area contributed by atoms with Gasteiger partial charge in [0.15, 0.2) is 17.3 Å². The lowest BCUT2D eigenvalue weighted by Crippen LogP contribution is -2.44. The number of amides is 1. The molecule has 2 fully saturated rings. The molecule has 1 atom stereocenters. The molecule has 164 valence electrons.